The Labute approximate surface area is 162 Å². The van der Waals surface area contributed by atoms with E-state index >= 15 is 0 Å². The highest BCUT2D eigenvalue weighted by Gasteiger charge is 2.22. The normalized spacial score (nSPS) is 16.5. The van der Waals surface area contributed by atoms with Gasteiger partial charge in [0.25, 0.3) is 5.91 Å². The summed E-state index contributed by atoms with van der Waals surface area (Å²) in [6, 6.07) is 12.5. The Morgan fingerprint density at radius 2 is 2.00 bits per heavy atom. The molecule has 1 fully saturated rings. The Kier molecular flexibility index (Phi) is 6.60. The largest absolute Gasteiger partial charge is 0.489 e. The van der Waals surface area contributed by atoms with Gasteiger partial charge in [0.2, 0.25) is 0 Å². The van der Waals surface area contributed by atoms with Crippen molar-refractivity contribution in [1.82, 2.24) is 4.90 Å². The van der Waals surface area contributed by atoms with Gasteiger partial charge < -0.3 is 19.1 Å². The lowest BCUT2D eigenvalue weighted by Crippen LogP contribution is -2.46. The average Bonchev–Trinajstić information content (AvgIpc) is 2.71. The molecule has 6 nitrogen and oxygen atoms in total. The third kappa shape index (κ3) is 5.53. The van der Waals surface area contributed by atoms with Crippen molar-refractivity contribution < 1.29 is 28.2 Å². The fourth-order valence-corrected chi connectivity index (χ4v) is 2.81. The van der Waals surface area contributed by atoms with Gasteiger partial charge in [-0.1, -0.05) is 18.2 Å². The number of rotatable bonds is 6. The van der Waals surface area contributed by atoms with Crippen molar-refractivity contribution in [2.75, 3.05) is 26.3 Å². The van der Waals surface area contributed by atoms with Gasteiger partial charge in [-0.05, 0) is 42.8 Å². The average molecular weight is 387 g/mol. The van der Waals surface area contributed by atoms with E-state index in [0.717, 1.165) is 5.56 Å². The zero-order chi connectivity index (χ0) is 19.9. The van der Waals surface area contributed by atoms with Crippen LogP contribution in [0.4, 0.5) is 4.39 Å². The van der Waals surface area contributed by atoms with Crippen molar-refractivity contribution in [2.24, 2.45) is 0 Å². The van der Waals surface area contributed by atoms with E-state index in [2.05, 4.69) is 0 Å². The summed E-state index contributed by atoms with van der Waals surface area (Å²) in [4.78, 5) is 26.0. The fraction of sp³-hybridized carbons (Fsp3) is 0.333. The SMILES string of the molecule is CC1CN(C(=O)COC(=O)c2cccc(OCc3ccc(F)cc3)c2)CCO1. The third-order valence-electron chi connectivity index (χ3n) is 4.31. The number of morpholine rings is 1. The topological polar surface area (TPSA) is 65.1 Å². The van der Waals surface area contributed by atoms with Gasteiger partial charge in [0.05, 0.1) is 18.3 Å². The molecule has 0 radical (unpaired) electrons. The number of ether oxygens (including phenoxy) is 3. The molecule has 0 bridgehead atoms. The lowest BCUT2D eigenvalue weighted by Gasteiger charge is -2.30. The van der Waals surface area contributed by atoms with E-state index in [0.29, 0.717) is 31.0 Å². The number of hydrogen-bond donors (Lipinski definition) is 0. The van der Waals surface area contributed by atoms with Crippen molar-refractivity contribution in [2.45, 2.75) is 19.6 Å². The quantitative estimate of drug-likeness (QED) is 0.713. The maximum absolute atomic E-state index is 12.9. The van der Waals surface area contributed by atoms with Crippen LogP contribution in [0.2, 0.25) is 0 Å². The summed E-state index contributed by atoms with van der Waals surface area (Å²) in [5.41, 5.74) is 1.10. The molecule has 1 amide bonds. The molecule has 1 saturated heterocycles. The standard InChI is InChI=1S/C21H22FNO5/c1-15-12-23(9-10-26-15)20(24)14-28-21(25)17-3-2-4-19(11-17)27-13-16-5-7-18(22)8-6-16/h2-8,11,15H,9-10,12-14H2,1H3. The second-order valence-electron chi connectivity index (χ2n) is 6.54. The minimum atomic E-state index is -0.595. The van der Waals surface area contributed by atoms with Crippen LogP contribution in [-0.4, -0.2) is 49.2 Å². The molecule has 1 aliphatic rings. The molecule has 3 rings (SSSR count). The Hall–Kier alpha value is -2.93. The van der Waals surface area contributed by atoms with Gasteiger partial charge in [0.15, 0.2) is 6.61 Å². The summed E-state index contributed by atoms with van der Waals surface area (Å²) in [7, 11) is 0. The summed E-state index contributed by atoms with van der Waals surface area (Å²) in [5, 5.41) is 0. The molecule has 7 heteroatoms. The van der Waals surface area contributed by atoms with Crippen molar-refractivity contribution >= 4 is 11.9 Å². The van der Waals surface area contributed by atoms with Gasteiger partial charge in [0, 0.05) is 13.1 Å². The van der Waals surface area contributed by atoms with Crippen LogP contribution < -0.4 is 4.74 Å². The molecule has 0 spiro atoms. The van der Waals surface area contributed by atoms with Crippen molar-refractivity contribution in [3.63, 3.8) is 0 Å². The highest BCUT2D eigenvalue weighted by atomic mass is 19.1. The summed E-state index contributed by atoms with van der Waals surface area (Å²) in [6.07, 6.45) is -0.0247. The molecule has 0 saturated carbocycles. The van der Waals surface area contributed by atoms with Gasteiger partial charge in [-0.2, -0.15) is 0 Å². The molecule has 28 heavy (non-hydrogen) atoms. The van der Waals surface area contributed by atoms with Crippen LogP contribution in [-0.2, 0) is 20.9 Å². The molecular weight excluding hydrogens is 365 g/mol. The number of amides is 1. The van der Waals surface area contributed by atoms with Gasteiger partial charge >= 0.3 is 5.97 Å². The van der Waals surface area contributed by atoms with Gasteiger partial charge in [-0.3, -0.25) is 4.79 Å². The van der Waals surface area contributed by atoms with Gasteiger partial charge in [0.1, 0.15) is 18.2 Å². The summed E-state index contributed by atoms with van der Waals surface area (Å²) < 4.78 is 29.1. The Balaban J connectivity index is 1.51. The molecular formula is C21H22FNO5. The number of nitrogens with zero attached hydrogens (tertiary/aromatic N) is 1. The molecule has 0 N–H and O–H groups in total. The highest BCUT2D eigenvalue weighted by molar-refractivity contribution is 5.91. The monoisotopic (exact) mass is 387 g/mol. The number of halogens is 1. The van der Waals surface area contributed by atoms with Crippen molar-refractivity contribution in [3.8, 4) is 5.75 Å². The predicted octanol–water partition coefficient (Wildman–Crippen LogP) is 2.81. The smallest absolute Gasteiger partial charge is 0.338 e. The third-order valence-corrected chi connectivity index (χ3v) is 4.31. The van der Waals surface area contributed by atoms with E-state index in [1.165, 1.54) is 12.1 Å². The van der Waals surface area contributed by atoms with E-state index in [4.69, 9.17) is 14.2 Å². The van der Waals surface area contributed by atoms with E-state index in [-0.39, 0.29) is 31.0 Å². The van der Waals surface area contributed by atoms with Crippen LogP contribution >= 0.6 is 0 Å². The van der Waals surface area contributed by atoms with Crippen LogP contribution in [0.5, 0.6) is 5.75 Å². The molecule has 1 unspecified atom stereocenters. The minimum absolute atomic E-state index is 0.0247. The van der Waals surface area contributed by atoms with Crippen molar-refractivity contribution in [3.05, 3.63) is 65.5 Å². The zero-order valence-electron chi connectivity index (χ0n) is 15.6. The van der Waals surface area contributed by atoms with E-state index in [9.17, 15) is 14.0 Å². The first-order valence-electron chi connectivity index (χ1n) is 9.05. The summed E-state index contributed by atoms with van der Waals surface area (Å²) >= 11 is 0. The lowest BCUT2D eigenvalue weighted by atomic mass is 10.2. The molecule has 1 aliphatic heterocycles. The van der Waals surface area contributed by atoms with Gasteiger partial charge in [-0.15, -0.1) is 0 Å². The molecule has 2 aromatic rings. The van der Waals surface area contributed by atoms with Crippen LogP contribution in [0.1, 0.15) is 22.8 Å². The zero-order valence-corrected chi connectivity index (χ0v) is 15.6. The molecule has 1 heterocycles. The highest BCUT2D eigenvalue weighted by Crippen LogP contribution is 2.16. The Morgan fingerprint density at radius 1 is 1.21 bits per heavy atom. The van der Waals surface area contributed by atoms with E-state index in [1.54, 1.807) is 41.3 Å². The fourth-order valence-electron chi connectivity index (χ4n) is 2.81. The maximum atomic E-state index is 12.9. The number of carbonyl (C=O) groups is 2. The van der Waals surface area contributed by atoms with E-state index < -0.39 is 5.97 Å². The molecule has 1 atom stereocenters. The predicted molar refractivity (Wildman–Crippen MR) is 99.5 cm³/mol. The molecule has 0 aliphatic carbocycles. The second-order valence-corrected chi connectivity index (χ2v) is 6.54. The minimum Gasteiger partial charge on any atom is -0.489 e. The number of carbonyl (C=O) groups excluding carboxylic acids is 2. The molecule has 148 valence electrons. The maximum Gasteiger partial charge on any atom is 0.338 e. The first kappa shape index (κ1) is 19.8. The molecule has 0 aromatic heterocycles. The first-order valence-corrected chi connectivity index (χ1v) is 9.05. The van der Waals surface area contributed by atoms with Crippen LogP contribution in [0, 0.1) is 5.82 Å². The summed E-state index contributed by atoms with van der Waals surface area (Å²) in [6.45, 7) is 3.28. The van der Waals surface area contributed by atoms with Crippen LogP contribution in [0.15, 0.2) is 48.5 Å². The van der Waals surface area contributed by atoms with Crippen LogP contribution in [0.25, 0.3) is 0 Å². The first-order chi connectivity index (χ1) is 13.5. The Bertz CT molecular complexity index is 824. The van der Waals surface area contributed by atoms with E-state index in [1.807, 2.05) is 6.92 Å². The summed E-state index contributed by atoms with van der Waals surface area (Å²) in [5.74, 6) is -0.671. The van der Waals surface area contributed by atoms with Crippen molar-refractivity contribution in [1.29, 1.82) is 0 Å². The number of hydrogen-bond acceptors (Lipinski definition) is 5. The Morgan fingerprint density at radius 3 is 2.75 bits per heavy atom. The number of benzene rings is 2. The lowest BCUT2D eigenvalue weighted by molar-refractivity contribution is -0.141. The van der Waals surface area contributed by atoms with Crippen LogP contribution in [0.3, 0.4) is 0 Å². The van der Waals surface area contributed by atoms with Gasteiger partial charge in [-0.25, -0.2) is 9.18 Å². The number of esters is 1. The second kappa shape index (κ2) is 9.32. The molecule has 2 aromatic carbocycles.